The maximum atomic E-state index is 12.2. The number of anilines is 1. The minimum Gasteiger partial charge on any atom is -0.392 e. The molecule has 2 unspecified atom stereocenters. The second kappa shape index (κ2) is 9.68. The van der Waals surface area contributed by atoms with E-state index in [4.69, 9.17) is 0 Å². The molecule has 0 saturated heterocycles. The standard InChI is InChI=1S/C19H32N2O2/c1-13(2)10-16(22)12-20-15(5)11-19(23)21-18-9-7-6-8-17(18)14(3)4/h6-9,13-16,20,22H,10-12H2,1-5H3,(H,21,23). The summed E-state index contributed by atoms with van der Waals surface area (Å²) >= 11 is 0. The molecule has 130 valence electrons. The number of rotatable bonds is 9. The van der Waals surface area contributed by atoms with Crippen LogP contribution in [-0.2, 0) is 4.79 Å². The fourth-order valence-corrected chi connectivity index (χ4v) is 2.63. The van der Waals surface area contributed by atoms with Crippen LogP contribution in [0.1, 0.15) is 58.9 Å². The summed E-state index contributed by atoms with van der Waals surface area (Å²) < 4.78 is 0. The van der Waals surface area contributed by atoms with Gasteiger partial charge in [0.2, 0.25) is 5.91 Å². The van der Waals surface area contributed by atoms with Gasteiger partial charge >= 0.3 is 0 Å². The highest BCUT2D eigenvalue weighted by Gasteiger charge is 2.14. The summed E-state index contributed by atoms with van der Waals surface area (Å²) in [5.41, 5.74) is 2.04. The van der Waals surface area contributed by atoms with Gasteiger partial charge in [-0.25, -0.2) is 0 Å². The third-order valence-electron chi connectivity index (χ3n) is 3.79. The average molecular weight is 320 g/mol. The normalized spacial score (nSPS) is 14.1. The van der Waals surface area contributed by atoms with E-state index >= 15 is 0 Å². The highest BCUT2D eigenvalue weighted by atomic mass is 16.3. The van der Waals surface area contributed by atoms with E-state index in [9.17, 15) is 9.90 Å². The molecule has 1 aromatic carbocycles. The summed E-state index contributed by atoms with van der Waals surface area (Å²) in [4.78, 5) is 12.2. The van der Waals surface area contributed by atoms with Gasteiger partial charge in [0.05, 0.1) is 6.10 Å². The minimum absolute atomic E-state index is 0.00329. The average Bonchev–Trinajstić information content (AvgIpc) is 2.44. The van der Waals surface area contributed by atoms with E-state index in [-0.39, 0.29) is 18.1 Å². The predicted octanol–water partition coefficient (Wildman–Crippen LogP) is 3.52. The van der Waals surface area contributed by atoms with Crippen molar-refractivity contribution in [2.24, 2.45) is 5.92 Å². The monoisotopic (exact) mass is 320 g/mol. The SMILES string of the molecule is CC(C)CC(O)CNC(C)CC(=O)Nc1ccccc1C(C)C. The van der Waals surface area contributed by atoms with Crippen molar-refractivity contribution in [1.29, 1.82) is 0 Å². The fourth-order valence-electron chi connectivity index (χ4n) is 2.63. The Morgan fingerprint density at radius 2 is 1.78 bits per heavy atom. The van der Waals surface area contributed by atoms with Crippen molar-refractivity contribution in [3.63, 3.8) is 0 Å². The van der Waals surface area contributed by atoms with E-state index in [2.05, 4.69) is 38.3 Å². The molecule has 0 aliphatic carbocycles. The lowest BCUT2D eigenvalue weighted by Crippen LogP contribution is -2.36. The van der Waals surface area contributed by atoms with Gasteiger partial charge in [-0.05, 0) is 36.8 Å². The molecule has 0 aliphatic rings. The van der Waals surface area contributed by atoms with Gasteiger partial charge in [-0.15, -0.1) is 0 Å². The number of carbonyl (C=O) groups excluding carboxylic acids is 1. The van der Waals surface area contributed by atoms with Gasteiger partial charge in [0.1, 0.15) is 0 Å². The highest BCUT2D eigenvalue weighted by Crippen LogP contribution is 2.23. The van der Waals surface area contributed by atoms with E-state index in [1.807, 2.05) is 31.2 Å². The summed E-state index contributed by atoms with van der Waals surface area (Å²) in [7, 11) is 0. The first kappa shape index (κ1) is 19.7. The number of carbonyl (C=O) groups is 1. The summed E-state index contributed by atoms with van der Waals surface area (Å²) in [6.45, 7) is 10.9. The third kappa shape index (κ3) is 7.62. The second-order valence-electron chi connectivity index (χ2n) is 7.09. The lowest BCUT2D eigenvalue weighted by Gasteiger charge is -2.19. The van der Waals surface area contributed by atoms with Gasteiger partial charge in [-0.3, -0.25) is 4.79 Å². The Morgan fingerprint density at radius 3 is 2.39 bits per heavy atom. The Labute approximate surface area is 140 Å². The molecule has 0 radical (unpaired) electrons. The summed E-state index contributed by atoms with van der Waals surface area (Å²) in [6, 6.07) is 7.95. The van der Waals surface area contributed by atoms with Gasteiger partial charge in [0, 0.05) is 24.7 Å². The molecule has 0 bridgehead atoms. The zero-order valence-electron chi connectivity index (χ0n) is 15.1. The lowest BCUT2D eigenvalue weighted by molar-refractivity contribution is -0.116. The molecule has 4 nitrogen and oxygen atoms in total. The molecule has 1 amide bonds. The number of amides is 1. The second-order valence-corrected chi connectivity index (χ2v) is 7.09. The lowest BCUT2D eigenvalue weighted by atomic mass is 10.0. The van der Waals surface area contributed by atoms with Crippen molar-refractivity contribution in [2.45, 2.75) is 65.5 Å². The molecule has 23 heavy (non-hydrogen) atoms. The Bertz CT molecular complexity index is 486. The first-order chi connectivity index (χ1) is 10.8. The largest absolute Gasteiger partial charge is 0.392 e. The van der Waals surface area contributed by atoms with Gasteiger partial charge in [-0.2, -0.15) is 0 Å². The number of hydrogen-bond acceptors (Lipinski definition) is 3. The molecule has 0 saturated carbocycles. The topological polar surface area (TPSA) is 61.4 Å². The minimum atomic E-state index is -0.359. The van der Waals surface area contributed by atoms with Crippen molar-refractivity contribution in [2.75, 3.05) is 11.9 Å². The molecule has 0 spiro atoms. The van der Waals surface area contributed by atoms with E-state index < -0.39 is 0 Å². The molecule has 3 N–H and O–H groups in total. The van der Waals surface area contributed by atoms with Crippen LogP contribution in [0.4, 0.5) is 5.69 Å². The van der Waals surface area contributed by atoms with Crippen LogP contribution in [0.25, 0.3) is 0 Å². The van der Waals surface area contributed by atoms with Crippen molar-refractivity contribution in [1.82, 2.24) is 5.32 Å². The zero-order chi connectivity index (χ0) is 17.4. The fraction of sp³-hybridized carbons (Fsp3) is 0.632. The zero-order valence-corrected chi connectivity index (χ0v) is 15.1. The van der Waals surface area contributed by atoms with Crippen LogP contribution in [0.5, 0.6) is 0 Å². The smallest absolute Gasteiger partial charge is 0.225 e. The van der Waals surface area contributed by atoms with Gasteiger partial charge in [0.15, 0.2) is 0 Å². The molecular weight excluding hydrogens is 288 g/mol. The number of aliphatic hydroxyl groups is 1. The number of aliphatic hydroxyl groups excluding tert-OH is 1. The molecular formula is C19H32N2O2. The molecule has 4 heteroatoms. The van der Waals surface area contributed by atoms with E-state index in [1.165, 1.54) is 0 Å². The van der Waals surface area contributed by atoms with Crippen LogP contribution in [0, 0.1) is 5.92 Å². The molecule has 0 aromatic heterocycles. The van der Waals surface area contributed by atoms with E-state index in [0.29, 0.717) is 24.8 Å². The maximum Gasteiger partial charge on any atom is 0.225 e. The Balaban J connectivity index is 2.44. The van der Waals surface area contributed by atoms with Gasteiger partial charge in [0.25, 0.3) is 0 Å². The van der Waals surface area contributed by atoms with Crippen LogP contribution in [-0.4, -0.2) is 29.7 Å². The van der Waals surface area contributed by atoms with E-state index in [1.54, 1.807) is 0 Å². The van der Waals surface area contributed by atoms with Gasteiger partial charge < -0.3 is 15.7 Å². The molecule has 1 aromatic rings. The first-order valence-corrected chi connectivity index (χ1v) is 8.59. The van der Waals surface area contributed by atoms with Crippen LogP contribution in [0.3, 0.4) is 0 Å². The summed E-state index contributed by atoms with van der Waals surface area (Å²) in [5, 5.41) is 16.1. The summed E-state index contributed by atoms with van der Waals surface area (Å²) in [6.07, 6.45) is 0.802. The van der Waals surface area contributed by atoms with Crippen LogP contribution >= 0.6 is 0 Å². The summed E-state index contributed by atoms with van der Waals surface area (Å²) in [5.74, 6) is 0.836. The quantitative estimate of drug-likeness (QED) is 0.652. The molecule has 0 heterocycles. The molecule has 1 rings (SSSR count). The van der Waals surface area contributed by atoms with Crippen LogP contribution in [0.15, 0.2) is 24.3 Å². The van der Waals surface area contributed by atoms with Crippen molar-refractivity contribution < 1.29 is 9.90 Å². The number of para-hydroxylation sites is 1. The number of benzene rings is 1. The Hall–Kier alpha value is -1.39. The first-order valence-electron chi connectivity index (χ1n) is 8.59. The Morgan fingerprint density at radius 1 is 1.13 bits per heavy atom. The highest BCUT2D eigenvalue weighted by molar-refractivity contribution is 5.91. The number of hydrogen-bond donors (Lipinski definition) is 3. The Kier molecular flexibility index (Phi) is 8.28. The molecule has 0 fully saturated rings. The van der Waals surface area contributed by atoms with Crippen molar-refractivity contribution in [3.8, 4) is 0 Å². The van der Waals surface area contributed by atoms with Gasteiger partial charge in [-0.1, -0.05) is 45.9 Å². The van der Waals surface area contributed by atoms with E-state index in [0.717, 1.165) is 17.7 Å². The third-order valence-corrected chi connectivity index (χ3v) is 3.79. The van der Waals surface area contributed by atoms with Crippen LogP contribution in [0.2, 0.25) is 0 Å². The number of nitrogens with one attached hydrogen (secondary N) is 2. The predicted molar refractivity (Wildman–Crippen MR) is 96.7 cm³/mol. The van der Waals surface area contributed by atoms with Crippen molar-refractivity contribution in [3.05, 3.63) is 29.8 Å². The van der Waals surface area contributed by atoms with Crippen LogP contribution < -0.4 is 10.6 Å². The molecule has 0 aliphatic heterocycles. The molecule has 2 atom stereocenters. The van der Waals surface area contributed by atoms with Crippen molar-refractivity contribution >= 4 is 11.6 Å². The maximum absolute atomic E-state index is 12.2.